The second kappa shape index (κ2) is 6.13. The number of nitrogens with zero attached hydrogens (tertiary/aromatic N) is 1. The number of aryl methyl sites for hydroxylation is 2. The average Bonchev–Trinajstić information content (AvgIpc) is 3.19. The maximum absolute atomic E-state index is 12.5. The maximum Gasteiger partial charge on any atom is 0.317 e. The van der Waals surface area contributed by atoms with Crippen LogP contribution in [0.15, 0.2) is 18.2 Å². The van der Waals surface area contributed by atoms with E-state index in [4.69, 9.17) is 0 Å². The number of carbonyl (C=O) groups excluding carboxylic acids is 1. The van der Waals surface area contributed by atoms with Gasteiger partial charge in [-0.25, -0.2) is 4.79 Å². The van der Waals surface area contributed by atoms with Crippen molar-refractivity contribution < 1.29 is 9.90 Å². The van der Waals surface area contributed by atoms with Gasteiger partial charge in [0.05, 0.1) is 0 Å². The van der Waals surface area contributed by atoms with Crippen molar-refractivity contribution in [1.82, 2.24) is 15.2 Å². The summed E-state index contributed by atoms with van der Waals surface area (Å²) in [5.74, 6) is 0.241. The number of hydrogen-bond acceptors (Lipinski definition) is 2. The van der Waals surface area contributed by atoms with E-state index in [0.29, 0.717) is 6.54 Å². The van der Waals surface area contributed by atoms with E-state index in [9.17, 15) is 9.90 Å². The number of hydrogen-bond donors (Lipinski definition) is 3. The molecule has 24 heavy (non-hydrogen) atoms. The van der Waals surface area contributed by atoms with Crippen LogP contribution in [0.3, 0.4) is 0 Å². The third-order valence-corrected chi connectivity index (χ3v) is 5.50. The smallest absolute Gasteiger partial charge is 0.317 e. The van der Waals surface area contributed by atoms with Gasteiger partial charge in [0.15, 0.2) is 0 Å². The van der Waals surface area contributed by atoms with Crippen LogP contribution < -0.4 is 5.32 Å². The summed E-state index contributed by atoms with van der Waals surface area (Å²) in [5, 5.41) is 13.7. The molecule has 1 aromatic heterocycles. The molecule has 1 aliphatic carbocycles. The number of nitrogens with one attached hydrogen (secondary N) is 2. The number of aromatic nitrogens is 1. The molecule has 2 heterocycles. The first-order valence-corrected chi connectivity index (χ1v) is 8.90. The van der Waals surface area contributed by atoms with E-state index >= 15 is 0 Å². The van der Waals surface area contributed by atoms with Crippen LogP contribution in [0.4, 0.5) is 4.79 Å². The number of urea groups is 1. The summed E-state index contributed by atoms with van der Waals surface area (Å²) in [7, 11) is 0. The predicted molar refractivity (Wildman–Crippen MR) is 94.1 cm³/mol. The molecular weight excluding hydrogens is 302 g/mol. The Balaban J connectivity index is 1.47. The summed E-state index contributed by atoms with van der Waals surface area (Å²) in [6, 6.07) is 6.74. The van der Waals surface area contributed by atoms with Gasteiger partial charge >= 0.3 is 6.03 Å². The van der Waals surface area contributed by atoms with Gasteiger partial charge in [-0.3, -0.25) is 0 Å². The predicted octanol–water partition coefficient (Wildman–Crippen LogP) is 2.36. The zero-order valence-corrected chi connectivity index (χ0v) is 14.1. The Kier molecular flexibility index (Phi) is 3.96. The van der Waals surface area contributed by atoms with Gasteiger partial charge < -0.3 is 20.3 Å². The zero-order chi connectivity index (χ0) is 16.7. The number of amides is 2. The Morgan fingerprint density at radius 2 is 2.29 bits per heavy atom. The van der Waals surface area contributed by atoms with Crippen LogP contribution in [-0.2, 0) is 12.8 Å². The molecule has 5 heteroatoms. The number of carbonyl (C=O) groups is 1. The quantitative estimate of drug-likeness (QED) is 0.792. The molecule has 0 spiro atoms. The molecule has 1 aliphatic heterocycles. The summed E-state index contributed by atoms with van der Waals surface area (Å²) < 4.78 is 0. The van der Waals surface area contributed by atoms with Gasteiger partial charge in [-0.05, 0) is 50.3 Å². The lowest BCUT2D eigenvalue weighted by molar-refractivity contribution is 0.194. The molecule has 1 saturated heterocycles. The van der Waals surface area contributed by atoms with Gasteiger partial charge in [-0.2, -0.15) is 0 Å². The lowest BCUT2D eigenvalue weighted by Crippen LogP contribution is -2.46. The van der Waals surface area contributed by atoms with Crippen molar-refractivity contribution in [2.45, 2.75) is 38.6 Å². The van der Waals surface area contributed by atoms with E-state index in [1.165, 1.54) is 27.7 Å². The molecule has 3 N–H and O–H groups in total. The summed E-state index contributed by atoms with van der Waals surface area (Å²) in [4.78, 5) is 17.8. The van der Waals surface area contributed by atoms with Crippen LogP contribution in [0.25, 0.3) is 10.9 Å². The van der Waals surface area contributed by atoms with E-state index < -0.39 is 0 Å². The Labute approximate surface area is 142 Å². The van der Waals surface area contributed by atoms with Crippen LogP contribution in [0.5, 0.6) is 0 Å². The molecular formula is C19H25N3O2. The van der Waals surface area contributed by atoms with Gasteiger partial charge in [0, 0.05) is 48.3 Å². The van der Waals surface area contributed by atoms with Crippen LogP contribution in [0, 0.1) is 12.8 Å². The fraction of sp³-hybridized carbons (Fsp3) is 0.526. The van der Waals surface area contributed by atoms with Crippen molar-refractivity contribution in [1.29, 1.82) is 0 Å². The molecule has 1 fully saturated rings. The summed E-state index contributed by atoms with van der Waals surface area (Å²) >= 11 is 0. The van der Waals surface area contributed by atoms with Crippen molar-refractivity contribution in [3.8, 4) is 0 Å². The zero-order valence-electron chi connectivity index (χ0n) is 14.1. The Bertz CT molecular complexity index is 767. The highest BCUT2D eigenvalue weighted by Gasteiger charge is 2.29. The maximum atomic E-state index is 12.5. The summed E-state index contributed by atoms with van der Waals surface area (Å²) in [6.45, 7) is 3.71. The molecule has 128 valence electrons. The van der Waals surface area contributed by atoms with Gasteiger partial charge in [0.25, 0.3) is 0 Å². The normalized spacial score (nSPS) is 23.5. The second-order valence-electron chi connectivity index (χ2n) is 7.30. The fourth-order valence-corrected chi connectivity index (χ4v) is 4.09. The Morgan fingerprint density at radius 3 is 3.08 bits per heavy atom. The van der Waals surface area contributed by atoms with Crippen LogP contribution in [0.1, 0.15) is 29.7 Å². The van der Waals surface area contributed by atoms with E-state index in [1.807, 2.05) is 4.90 Å². The molecule has 2 amide bonds. The third-order valence-electron chi connectivity index (χ3n) is 5.50. The van der Waals surface area contributed by atoms with Crippen molar-refractivity contribution in [2.75, 3.05) is 19.7 Å². The molecule has 2 unspecified atom stereocenters. The molecule has 1 aromatic carbocycles. The van der Waals surface area contributed by atoms with Crippen LogP contribution in [-0.4, -0.2) is 46.8 Å². The lowest BCUT2D eigenvalue weighted by Gasteiger charge is -2.26. The first-order valence-electron chi connectivity index (χ1n) is 8.90. The first kappa shape index (κ1) is 15.5. The van der Waals surface area contributed by atoms with Gasteiger partial charge in [0.1, 0.15) is 0 Å². The highest BCUT2D eigenvalue weighted by molar-refractivity contribution is 5.86. The molecule has 0 bridgehead atoms. The van der Waals surface area contributed by atoms with E-state index in [-0.39, 0.29) is 24.6 Å². The van der Waals surface area contributed by atoms with Crippen molar-refractivity contribution in [2.24, 2.45) is 5.92 Å². The van der Waals surface area contributed by atoms with Crippen molar-refractivity contribution >= 4 is 16.9 Å². The molecule has 2 atom stereocenters. The topological polar surface area (TPSA) is 68.4 Å². The fourth-order valence-electron chi connectivity index (χ4n) is 4.09. The minimum atomic E-state index is 0.0235. The highest BCUT2D eigenvalue weighted by Crippen LogP contribution is 2.30. The van der Waals surface area contributed by atoms with Crippen molar-refractivity contribution in [3.05, 3.63) is 35.0 Å². The largest absolute Gasteiger partial charge is 0.396 e. The number of aliphatic hydroxyl groups is 1. The van der Waals surface area contributed by atoms with Crippen LogP contribution in [0.2, 0.25) is 0 Å². The SMILES string of the molecule is Cc1ccc2[nH]c3c(c2c1)CC(NC(=O)N1CCC(CO)C1)CC3. The number of benzene rings is 1. The van der Waals surface area contributed by atoms with E-state index in [1.54, 1.807) is 0 Å². The number of likely N-dealkylation sites (tertiary alicyclic amines) is 1. The van der Waals surface area contributed by atoms with E-state index in [0.717, 1.165) is 32.2 Å². The number of aromatic amines is 1. The van der Waals surface area contributed by atoms with Crippen LogP contribution >= 0.6 is 0 Å². The molecule has 2 aliphatic rings. The number of H-pyrrole nitrogens is 1. The monoisotopic (exact) mass is 327 g/mol. The molecule has 5 nitrogen and oxygen atoms in total. The lowest BCUT2D eigenvalue weighted by atomic mass is 9.91. The van der Waals surface area contributed by atoms with Crippen molar-refractivity contribution in [3.63, 3.8) is 0 Å². The second-order valence-corrected chi connectivity index (χ2v) is 7.30. The van der Waals surface area contributed by atoms with Gasteiger partial charge in [-0.1, -0.05) is 11.6 Å². The first-order chi connectivity index (χ1) is 11.6. The number of aliphatic hydroxyl groups excluding tert-OH is 1. The molecule has 0 saturated carbocycles. The summed E-state index contributed by atoms with van der Waals surface area (Å²) in [5.41, 5.74) is 5.15. The van der Waals surface area contributed by atoms with E-state index in [2.05, 4.69) is 35.4 Å². The highest BCUT2D eigenvalue weighted by atomic mass is 16.3. The molecule has 2 aromatic rings. The summed E-state index contributed by atoms with van der Waals surface area (Å²) in [6.07, 6.45) is 3.75. The van der Waals surface area contributed by atoms with Gasteiger partial charge in [-0.15, -0.1) is 0 Å². The Hall–Kier alpha value is -2.01. The van der Waals surface area contributed by atoms with Gasteiger partial charge in [0.2, 0.25) is 0 Å². The number of fused-ring (bicyclic) bond motifs is 3. The number of rotatable bonds is 2. The average molecular weight is 327 g/mol. The minimum Gasteiger partial charge on any atom is -0.396 e. The molecule has 4 rings (SSSR count). The standard InChI is InChI=1S/C19H25N3O2/c1-12-2-4-17-15(8-12)16-9-14(3-5-18(16)21-17)20-19(24)22-7-6-13(10-22)11-23/h2,4,8,13-14,21,23H,3,5-7,9-11H2,1H3,(H,20,24). The molecule has 0 radical (unpaired) electrons. The Morgan fingerprint density at radius 1 is 1.42 bits per heavy atom. The minimum absolute atomic E-state index is 0.0235. The third kappa shape index (κ3) is 2.77.